The molecule has 4 heteroatoms. The van der Waals surface area contributed by atoms with Gasteiger partial charge in [-0.05, 0) is 18.6 Å². The summed E-state index contributed by atoms with van der Waals surface area (Å²) in [5.41, 5.74) is 4.88. The van der Waals surface area contributed by atoms with Crippen LogP contribution in [0, 0.1) is 0 Å². The lowest BCUT2D eigenvalue weighted by Crippen LogP contribution is -2.17. The average Bonchev–Trinajstić information content (AvgIpc) is 2.91. The molecule has 2 aromatic rings. The summed E-state index contributed by atoms with van der Waals surface area (Å²) in [6.45, 7) is 5.55. The fraction of sp³-hybridized carbons (Fsp3) is 0.0588. The van der Waals surface area contributed by atoms with Crippen molar-refractivity contribution in [1.82, 2.24) is 10.4 Å². The molecule has 1 aromatic heterocycles. The molecule has 2 rings (SSSR count). The van der Waals surface area contributed by atoms with E-state index < -0.39 is 0 Å². The van der Waals surface area contributed by atoms with Gasteiger partial charge in [0, 0.05) is 17.1 Å². The number of para-hydroxylation sites is 1. The Morgan fingerprint density at radius 3 is 2.95 bits per heavy atom. The molecule has 0 aliphatic heterocycles. The lowest BCUT2D eigenvalue weighted by Gasteiger charge is -1.98. The SMILES string of the molecule is C=C/C=C(\C=C/C)/C=N/NC(=O)c1c[nH]c2ccccc12. The summed E-state index contributed by atoms with van der Waals surface area (Å²) in [5, 5.41) is 4.84. The molecule has 0 bridgehead atoms. The maximum Gasteiger partial charge on any atom is 0.273 e. The zero-order valence-electron chi connectivity index (χ0n) is 11.8. The second kappa shape index (κ2) is 7.05. The molecule has 1 amide bonds. The standard InChI is InChI=1S/C17H17N3O/c1-3-7-13(8-4-2)11-19-20-17(21)15-12-18-16-10-6-5-9-14(15)16/h3-12,18H,1H2,2H3,(H,20,21)/b8-4-,13-7+,19-11+. The second-order valence-corrected chi connectivity index (χ2v) is 4.35. The lowest BCUT2D eigenvalue weighted by molar-refractivity contribution is 0.0957. The van der Waals surface area contributed by atoms with Gasteiger partial charge in [-0.15, -0.1) is 0 Å². The molecule has 0 saturated heterocycles. The molecule has 106 valence electrons. The summed E-state index contributed by atoms with van der Waals surface area (Å²) in [5.74, 6) is -0.248. The summed E-state index contributed by atoms with van der Waals surface area (Å²) in [4.78, 5) is 15.2. The Morgan fingerprint density at radius 2 is 2.19 bits per heavy atom. The number of rotatable bonds is 5. The molecule has 2 N–H and O–H groups in total. The van der Waals surface area contributed by atoms with E-state index in [0.29, 0.717) is 5.56 Å². The number of hydrogen-bond acceptors (Lipinski definition) is 2. The molecule has 0 radical (unpaired) electrons. The van der Waals surface area contributed by atoms with E-state index in [0.717, 1.165) is 16.5 Å². The Bertz CT molecular complexity index is 735. The Hall–Kier alpha value is -2.88. The van der Waals surface area contributed by atoms with Crippen molar-refractivity contribution in [3.8, 4) is 0 Å². The van der Waals surface area contributed by atoms with Gasteiger partial charge in [-0.2, -0.15) is 5.10 Å². The minimum absolute atomic E-state index is 0.248. The van der Waals surface area contributed by atoms with Crippen LogP contribution in [0.2, 0.25) is 0 Å². The van der Waals surface area contributed by atoms with Crippen LogP contribution in [0.1, 0.15) is 17.3 Å². The van der Waals surface area contributed by atoms with E-state index in [2.05, 4.69) is 22.1 Å². The van der Waals surface area contributed by atoms with Crippen molar-refractivity contribution >= 4 is 23.0 Å². The number of nitrogens with one attached hydrogen (secondary N) is 2. The molecule has 4 nitrogen and oxygen atoms in total. The van der Waals surface area contributed by atoms with Gasteiger partial charge in [-0.1, -0.05) is 49.1 Å². The van der Waals surface area contributed by atoms with E-state index in [4.69, 9.17) is 0 Å². The van der Waals surface area contributed by atoms with Crippen LogP contribution < -0.4 is 5.43 Å². The largest absolute Gasteiger partial charge is 0.360 e. The van der Waals surface area contributed by atoms with Crippen molar-refractivity contribution < 1.29 is 4.79 Å². The Kier molecular flexibility index (Phi) is 4.88. The molecule has 0 spiro atoms. The normalized spacial score (nSPS) is 12.3. The third-order valence-corrected chi connectivity index (χ3v) is 2.88. The van der Waals surface area contributed by atoms with Gasteiger partial charge in [-0.3, -0.25) is 4.79 Å². The molecule has 0 saturated carbocycles. The number of aromatic amines is 1. The number of aromatic nitrogens is 1. The van der Waals surface area contributed by atoms with Crippen molar-refractivity contribution in [1.29, 1.82) is 0 Å². The van der Waals surface area contributed by atoms with Gasteiger partial charge in [0.2, 0.25) is 0 Å². The van der Waals surface area contributed by atoms with Crippen LogP contribution in [0.4, 0.5) is 0 Å². The first-order valence-corrected chi connectivity index (χ1v) is 6.61. The van der Waals surface area contributed by atoms with Crippen molar-refractivity contribution in [3.05, 3.63) is 72.5 Å². The minimum atomic E-state index is -0.248. The molecular weight excluding hydrogens is 262 g/mol. The van der Waals surface area contributed by atoms with Crippen LogP contribution in [0.5, 0.6) is 0 Å². The fourth-order valence-corrected chi connectivity index (χ4v) is 1.96. The monoisotopic (exact) mass is 279 g/mol. The molecule has 21 heavy (non-hydrogen) atoms. The Balaban J connectivity index is 2.11. The second-order valence-electron chi connectivity index (χ2n) is 4.35. The van der Waals surface area contributed by atoms with Gasteiger partial charge < -0.3 is 4.98 Å². The number of hydrazone groups is 1. The third kappa shape index (κ3) is 3.57. The third-order valence-electron chi connectivity index (χ3n) is 2.88. The zero-order chi connectivity index (χ0) is 15.1. The first kappa shape index (κ1) is 14.5. The van der Waals surface area contributed by atoms with Crippen LogP contribution >= 0.6 is 0 Å². The highest BCUT2D eigenvalue weighted by Gasteiger charge is 2.10. The summed E-state index contributed by atoms with van der Waals surface area (Å²) in [6.07, 6.45) is 10.5. The van der Waals surface area contributed by atoms with E-state index in [1.54, 1.807) is 24.6 Å². The van der Waals surface area contributed by atoms with Crippen LogP contribution in [0.15, 0.2) is 72.0 Å². The molecule has 0 unspecified atom stereocenters. The summed E-state index contributed by atoms with van der Waals surface area (Å²) >= 11 is 0. The van der Waals surface area contributed by atoms with Crippen LogP contribution in [0.3, 0.4) is 0 Å². The van der Waals surface area contributed by atoms with Gasteiger partial charge in [-0.25, -0.2) is 5.43 Å². The Morgan fingerprint density at radius 1 is 1.38 bits per heavy atom. The van der Waals surface area contributed by atoms with Crippen LogP contribution in [0.25, 0.3) is 10.9 Å². The highest BCUT2D eigenvalue weighted by molar-refractivity contribution is 6.06. The zero-order valence-corrected chi connectivity index (χ0v) is 11.8. The number of carbonyl (C=O) groups is 1. The molecule has 0 atom stereocenters. The number of nitrogens with zero attached hydrogens (tertiary/aromatic N) is 1. The first-order chi connectivity index (χ1) is 10.3. The summed E-state index contributed by atoms with van der Waals surface area (Å²) in [7, 11) is 0. The van der Waals surface area contributed by atoms with E-state index in [-0.39, 0.29) is 5.91 Å². The highest BCUT2D eigenvalue weighted by atomic mass is 16.2. The van der Waals surface area contributed by atoms with E-state index in [9.17, 15) is 4.79 Å². The van der Waals surface area contributed by atoms with Gasteiger partial charge in [0.15, 0.2) is 0 Å². The molecular formula is C17H17N3O. The Labute approximate surface area is 123 Å². The highest BCUT2D eigenvalue weighted by Crippen LogP contribution is 2.17. The van der Waals surface area contributed by atoms with Crippen molar-refractivity contribution in [2.45, 2.75) is 6.92 Å². The number of amides is 1. The van der Waals surface area contributed by atoms with Crippen molar-refractivity contribution in [3.63, 3.8) is 0 Å². The maximum atomic E-state index is 12.1. The maximum absolute atomic E-state index is 12.1. The number of allylic oxidation sites excluding steroid dienone is 5. The number of carbonyl (C=O) groups excluding carboxylic acids is 1. The van der Waals surface area contributed by atoms with Gasteiger partial charge >= 0.3 is 0 Å². The molecule has 0 aliphatic rings. The quantitative estimate of drug-likeness (QED) is 0.490. The first-order valence-electron chi connectivity index (χ1n) is 6.61. The van der Waals surface area contributed by atoms with E-state index >= 15 is 0 Å². The number of hydrogen-bond donors (Lipinski definition) is 2. The van der Waals surface area contributed by atoms with Gasteiger partial charge in [0.25, 0.3) is 5.91 Å². The number of benzene rings is 1. The van der Waals surface area contributed by atoms with E-state index in [1.807, 2.05) is 43.3 Å². The molecule has 0 aliphatic carbocycles. The van der Waals surface area contributed by atoms with Crippen LogP contribution in [-0.4, -0.2) is 17.1 Å². The van der Waals surface area contributed by atoms with E-state index in [1.165, 1.54) is 0 Å². The predicted molar refractivity (Wildman–Crippen MR) is 87.4 cm³/mol. The minimum Gasteiger partial charge on any atom is -0.360 e. The molecule has 1 heterocycles. The average molecular weight is 279 g/mol. The van der Waals surface area contributed by atoms with Crippen LogP contribution in [-0.2, 0) is 0 Å². The summed E-state index contributed by atoms with van der Waals surface area (Å²) < 4.78 is 0. The fourth-order valence-electron chi connectivity index (χ4n) is 1.96. The van der Waals surface area contributed by atoms with Gasteiger partial charge in [0.05, 0.1) is 11.8 Å². The van der Waals surface area contributed by atoms with Crippen molar-refractivity contribution in [2.24, 2.45) is 5.10 Å². The number of fused-ring (bicyclic) bond motifs is 1. The van der Waals surface area contributed by atoms with Crippen molar-refractivity contribution in [2.75, 3.05) is 0 Å². The smallest absolute Gasteiger partial charge is 0.273 e. The lowest BCUT2D eigenvalue weighted by atomic mass is 10.2. The molecule has 0 fully saturated rings. The summed E-state index contributed by atoms with van der Waals surface area (Å²) in [6, 6.07) is 7.63. The van der Waals surface area contributed by atoms with Gasteiger partial charge in [0.1, 0.15) is 0 Å². The number of H-pyrrole nitrogens is 1. The predicted octanol–water partition coefficient (Wildman–Crippen LogP) is 3.57. The molecule has 1 aromatic carbocycles. The topological polar surface area (TPSA) is 57.2 Å².